The average molecular weight is 257 g/mol. The fraction of sp³-hybridized carbons (Fsp3) is 0.417. The second-order valence-electron chi connectivity index (χ2n) is 3.84. The highest BCUT2D eigenvalue weighted by Gasteiger charge is 2.23. The molecule has 1 unspecified atom stereocenters. The van der Waals surface area contributed by atoms with Crippen LogP contribution in [0.5, 0.6) is 0 Å². The van der Waals surface area contributed by atoms with E-state index in [1.807, 2.05) is 0 Å². The lowest BCUT2D eigenvalue weighted by Gasteiger charge is -2.14. The fourth-order valence-electron chi connectivity index (χ4n) is 1.46. The Morgan fingerprint density at radius 3 is 2.50 bits per heavy atom. The van der Waals surface area contributed by atoms with Crippen molar-refractivity contribution in [2.75, 3.05) is 0 Å². The number of nitrogens with zero attached hydrogens (tertiary/aromatic N) is 2. The molecule has 0 spiro atoms. The normalized spacial score (nSPS) is 18.3. The molecule has 1 rings (SSSR count). The molecule has 0 fully saturated rings. The lowest BCUT2D eigenvalue weighted by Crippen LogP contribution is -2.32. The van der Waals surface area contributed by atoms with Crippen LogP contribution in [0, 0.1) is 0 Å². The maximum absolute atomic E-state index is 12.4. The van der Waals surface area contributed by atoms with Crippen LogP contribution in [0.2, 0.25) is 0 Å². The molecule has 98 valence electrons. The molecule has 0 saturated carbocycles. The smallest absolute Gasteiger partial charge is 0.292 e. The van der Waals surface area contributed by atoms with Gasteiger partial charge in [-0.25, -0.2) is 23.9 Å². The molecule has 0 bridgehead atoms. The fourth-order valence-corrected chi connectivity index (χ4v) is 1.46. The summed E-state index contributed by atoms with van der Waals surface area (Å²) in [6.45, 7) is -1.11. The van der Waals surface area contributed by atoms with Crippen LogP contribution < -0.4 is 11.4 Å². The van der Waals surface area contributed by atoms with Crippen molar-refractivity contribution in [2.24, 2.45) is 7.05 Å². The summed E-state index contributed by atoms with van der Waals surface area (Å²) in [6.07, 6.45) is 0.469. The maximum atomic E-state index is 12.4. The molecule has 6 nitrogen and oxygen atoms in total. The minimum absolute atomic E-state index is 0.121. The molecule has 1 N–H and O–H groups in total. The second kappa shape index (κ2) is 5.03. The molecule has 1 aromatic heterocycles. The number of allylic oxidation sites excluding steroid dienone is 3. The van der Waals surface area contributed by atoms with Crippen LogP contribution in [-0.4, -0.2) is 20.1 Å². The number of H-pyrrole nitrogens is 1. The summed E-state index contributed by atoms with van der Waals surface area (Å²) in [4.78, 5) is 35.9. The van der Waals surface area contributed by atoms with E-state index in [1.54, 1.807) is 0 Å². The SMILES string of the molecule is [2H]C([2H])([2H])C(=CC(=O)C(C(=C)C)n1[nH]c(=O)n(C)c1=O)C([2H])([2H])[2H]. The van der Waals surface area contributed by atoms with Crippen LogP contribution in [0.3, 0.4) is 0 Å². The van der Waals surface area contributed by atoms with Gasteiger partial charge >= 0.3 is 11.4 Å². The van der Waals surface area contributed by atoms with Gasteiger partial charge in [0.1, 0.15) is 6.04 Å². The second-order valence-corrected chi connectivity index (χ2v) is 3.84. The summed E-state index contributed by atoms with van der Waals surface area (Å²) in [5, 5.41) is 2.15. The summed E-state index contributed by atoms with van der Waals surface area (Å²) >= 11 is 0. The van der Waals surface area contributed by atoms with Gasteiger partial charge in [-0.15, -0.1) is 0 Å². The Kier molecular flexibility index (Phi) is 2.06. The van der Waals surface area contributed by atoms with E-state index >= 15 is 0 Å². The number of aromatic nitrogens is 3. The molecule has 6 heteroatoms. The van der Waals surface area contributed by atoms with Gasteiger partial charge in [0.15, 0.2) is 5.78 Å². The molecule has 0 aliphatic heterocycles. The lowest BCUT2D eigenvalue weighted by atomic mass is 10.0. The molecule has 0 saturated heterocycles. The maximum Gasteiger partial charge on any atom is 0.347 e. The minimum Gasteiger partial charge on any atom is -0.292 e. The Hall–Kier alpha value is -2.11. The first kappa shape index (κ1) is 7.35. The van der Waals surface area contributed by atoms with Gasteiger partial charge in [-0.05, 0) is 32.3 Å². The molecular weight excluding hydrogens is 234 g/mol. The van der Waals surface area contributed by atoms with Crippen LogP contribution >= 0.6 is 0 Å². The Balaban J connectivity index is 3.52. The summed E-state index contributed by atoms with van der Waals surface area (Å²) in [5.41, 5.74) is -2.54. The van der Waals surface area contributed by atoms with E-state index in [9.17, 15) is 14.4 Å². The summed E-state index contributed by atoms with van der Waals surface area (Å²) in [7, 11) is 1.18. The van der Waals surface area contributed by atoms with Crippen LogP contribution in [0.1, 0.15) is 34.9 Å². The van der Waals surface area contributed by atoms with Gasteiger partial charge in [0.2, 0.25) is 0 Å². The predicted molar refractivity (Wildman–Crippen MR) is 68.6 cm³/mol. The first-order chi connectivity index (χ1) is 10.7. The van der Waals surface area contributed by atoms with E-state index < -0.39 is 42.5 Å². The molecule has 18 heavy (non-hydrogen) atoms. The highest BCUT2D eigenvalue weighted by atomic mass is 16.2. The third-order valence-corrected chi connectivity index (χ3v) is 2.29. The lowest BCUT2D eigenvalue weighted by molar-refractivity contribution is -0.117. The van der Waals surface area contributed by atoms with Gasteiger partial charge in [0.25, 0.3) is 0 Å². The van der Waals surface area contributed by atoms with Gasteiger partial charge in [-0.1, -0.05) is 12.2 Å². The van der Waals surface area contributed by atoms with Gasteiger partial charge in [-0.2, -0.15) is 0 Å². The quantitative estimate of drug-likeness (QED) is 0.631. The van der Waals surface area contributed by atoms with Gasteiger partial charge in [0, 0.05) is 15.3 Å². The summed E-state index contributed by atoms with van der Waals surface area (Å²) in [6, 6.07) is -1.42. The van der Waals surface area contributed by atoms with Crippen molar-refractivity contribution in [3.8, 4) is 0 Å². The zero-order valence-corrected chi connectivity index (χ0v) is 9.98. The average Bonchev–Trinajstić information content (AvgIpc) is 2.61. The monoisotopic (exact) mass is 257 g/mol. The number of carbonyl (C=O) groups is 1. The highest BCUT2D eigenvalue weighted by molar-refractivity contribution is 5.95. The van der Waals surface area contributed by atoms with E-state index in [-0.39, 0.29) is 5.57 Å². The third-order valence-electron chi connectivity index (χ3n) is 2.29. The number of rotatable bonds is 4. The predicted octanol–water partition coefficient (Wildman–Crippen LogP) is 0.528. The Morgan fingerprint density at radius 1 is 1.50 bits per heavy atom. The van der Waals surface area contributed by atoms with Crippen molar-refractivity contribution in [3.63, 3.8) is 0 Å². The number of ketones is 1. The first-order valence-electron chi connectivity index (χ1n) is 7.97. The number of nitrogens with one attached hydrogen (secondary N) is 1. The molecule has 0 radical (unpaired) electrons. The van der Waals surface area contributed by atoms with E-state index in [0.717, 1.165) is 0 Å². The van der Waals surface area contributed by atoms with Crippen LogP contribution in [0.4, 0.5) is 0 Å². The molecular formula is C12H17N3O3. The van der Waals surface area contributed by atoms with E-state index in [2.05, 4.69) is 11.7 Å². The Bertz CT molecular complexity index is 790. The molecule has 1 heterocycles. The van der Waals surface area contributed by atoms with Crippen molar-refractivity contribution < 1.29 is 13.0 Å². The Morgan fingerprint density at radius 2 is 2.11 bits per heavy atom. The third kappa shape index (κ3) is 2.58. The number of carbonyl (C=O) groups excluding carboxylic acids is 1. The highest BCUT2D eigenvalue weighted by Crippen LogP contribution is 2.14. The van der Waals surface area contributed by atoms with E-state index in [0.29, 0.717) is 15.3 Å². The zero-order valence-electron chi connectivity index (χ0n) is 16.0. The number of hydrogen-bond acceptors (Lipinski definition) is 3. The van der Waals surface area contributed by atoms with Crippen LogP contribution in [0.25, 0.3) is 0 Å². The van der Waals surface area contributed by atoms with Gasteiger partial charge in [0.05, 0.1) is 0 Å². The largest absolute Gasteiger partial charge is 0.347 e. The molecule has 1 aromatic rings. The molecule has 0 aromatic carbocycles. The molecule has 0 aliphatic carbocycles. The summed E-state index contributed by atoms with van der Waals surface area (Å²) < 4.78 is 45.0. The van der Waals surface area contributed by atoms with E-state index in [1.165, 1.54) is 14.0 Å². The van der Waals surface area contributed by atoms with Crippen molar-refractivity contribution >= 4 is 5.78 Å². The zero-order chi connectivity index (χ0) is 19.0. The van der Waals surface area contributed by atoms with Crippen molar-refractivity contribution in [3.05, 3.63) is 44.8 Å². The van der Waals surface area contributed by atoms with Crippen molar-refractivity contribution in [2.45, 2.75) is 26.7 Å². The minimum atomic E-state index is -3.02. The van der Waals surface area contributed by atoms with E-state index in [4.69, 9.17) is 8.22 Å². The van der Waals surface area contributed by atoms with Crippen molar-refractivity contribution in [1.29, 1.82) is 0 Å². The van der Waals surface area contributed by atoms with Gasteiger partial charge < -0.3 is 0 Å². The number of aromatic amines is 1. The van der Waals surface area contributed by atoms with Gasteiger partial charge in [-0.3, -0.25) is 4.79 Å². The van der Waals surface area contributed by atoms with Crippen molar-refractivity contribution in [1.82, 2.24) is 14.3 Å². The topological polar surface area (TPSA) is 76.9 Å². The Labute approximate surface area is 113 Å². The standard InChI is InChI=1S/C12H17N3O3/c1-7(2)6-9(16)10(8(3)4)15-12(18)14(5)11(17)13-15/h6,10H,3H2,1-2,4-5H3,(H,13,17)/i1D3,2D3. The molecule has 0 amide bonds. The summed E-state index contributed by atoms with van der Waals surface area (Å²) in [5.74, 6) is -0.992. The molecule has 1 atom stereocenters. The van der Waals surface area contributed by atoms with Crippen LogP contribution in [0.15, 0.2) is 33.4 Å². The van der Waals surface area contributed by atoms with Crippen LogP contribution in [-0.2, 0) is 11.8 Å². The first-order valence-corrected chi connectivity index (χ1v) is 4.97. The number of hydrogen-bond donors (Lipinski definition) is 1. The molecule has 0 aliphatic rings.